The second kappa shape index (κ2) is 6.39. The van der Waals surface area contributed by atoms with Crippen LogP contribution in [0.3, 0.4) is 0 Å². The van der Waals surface area contributed by atoms with E-state index < -0.39 is 5.91 Å². The maximum absolute atomic E-state index is 12.1. The molecule has 28 heavy (non-hydrogen) atoms. The normalized spacial score (nSPS) is 11.5. The van der Waals surface area contributed by atoms with Gasteiger partial charge in [-0.3, -0.25) is 4.79 Å². The third kappa shape index (κ3) is 2.48. The zero-order valence-electron chi connectivity index (χ0n) is 14.9. The van der Waals surface area contributed by atoms with Crippen LogP contribution in [-0.4, -0.2) is 10.5 Å². The highest BCUT2D eigenvalue weighted by Crippen LogP contribution is 2.36. The number of primary amides is 1. The highest BCUT2D eigenvalue weighted by atomic mass is 35.5. The fraction of sp³-hybridized carbons (Fsp3) is 0.0417. The zero-order chi connectivity index (χ0) is 19.3. The van der Waals surface area contributed by atoms with Gasteiger partial charge in [-0.2, -0.15) is 0 Å². The summed E-state index contributed by atoms with van der Waals surface area (Å²) in [7, 11) is 0. The predicted octanol–water partition coefficient (Wildman–Crippen LogP) is 5.55. The number of halogens is 1. The Morgan fingerprint density at radius 2 is 1.79 bits per heavy atom. The Morgan fingerprint density at radius 3 is 2.64 bits per heavy atom. The summed E-state index contributed by atoms with van der Waals surface area (Å²) < 4.78 is 2.15. The number of nitrogens with zero attached hydrogens (tertiary/aromatic N) is 1. The number of carbonyl (C=O) groups excluding carboxylic acids is 1. The van der Waals surface area contributed by atoms with Crippen molar-refractivity contribution in [2.75, 3.05) is 0 Å². The highest BCUT2D eigenvalue weighted by molar-refractivity contribution is 6.36. The van der Waals surface area contributed by atoms with Crippen molar-refractivity contribution in [3.63, 3.8) is 0 Å². The molecule has 135 valence electrons. The largest absolute Gasteiger partial charge is 0.366 e. The lowest BCUT2D eigenvalue weighted by Crippen LogP contribution is -2.11. The second-order valence-corrected chi connectivity index (χ2v) is 7.24. The Morgan fingerprint density at radius 1 is 1.00 bits per heavy atom. The van der Waals surface area contributed by atoms with Crippen LogP contribution in [0.25, 0.3) is 32.6 Å². The van der Waals surface area contributed by atoms with E-state index >= 15 is 0 Å². The maximum atomic E-state index is 12.1. The average Bonchev–Trinajstić information content (AvgIpc) is 3.03. The van der Waals surface area contributed by atoms with Gasteiger partial charge in [0.15, 0.2) is 0 Å². The first kappa shape index (κ1) is 16.8. The van der Waals surface area contributed by atoms with E-state index in [1.165, 1.54) is 16.3 Å². The minimum Gasteiger partial charge on any atom is -0.366 e. The summed E-state index contributed by atoms with van der Waals surface area (Å²) in [5.41, 5.74) is 9.10. The highest BCUT2D eigenvalue weighted by Gasteiger charge is 2.18. The maximum Gasteiger partial charge on any atom is 0.249 e. The monoisotopic (exact) mass is 383 g/mol. The quantitative estimate of drug-likeness (QED) is 0.436. The van der Waals surface area contributed by atoms with Crippen LogP contribution in [0.1, 0.15) is 15.9 Å². The summed E-state index contributed by atoms with van der Waals surface area (Å²) in [6.07, 6.45) is 0. The van der Waals surface area contributed by atoms with Gasteiger partial charge < -0.3 is 10.3 Å². The fourth-order valence-corrected chi connectivity index (χ4v) is 4.30. The van der Waals surface area contributed by atoms with Crippen molar-refractivity contribution in [1.29, 1.82) is 0 Å². The Hall–Kier alpha value is -3.30. The van der Waals surface area contributed by atoms with Gasteiger partial charge in [0.2, 0.25) is 5.91 Å². The van der Waals surface area contributed by atoms with Gasteiger partial charge >= 0.3 is 0 Å². The number of benzene rings is 4. The number of aromatic nitrogens is 1. The minimum atomic E-state index is -0.455. The number of nitrogens with two attached hydrogens (primary N) is 1. The lowest BCUT2D eigenvalue weighted by atomic mass is 10.0. The van der Waals surface area contributed by atoms with Crippen molar-refractivity contribution in [3.8, 4) is 0 Å². The molecule has 4 heteroatoms. The molecule has 0 aliphatic rings. The molecule has 5 rings (SSSR count). The van der Waals surface area contributed by atoms with Gasteiger partial charge in [0.1, 0.15) is 0 Å². The van der Waals surface area contributed by atoms with Crippen molar-refractivity contribution in [2.24, 2.45) is 5.73 Å². The molecule has 0 aliphatic carbocycles. The van der Waals surface area contributed by atoms with E-state index in [2.05, 4.69) is 41.0 Å². The Labute approximate surface area is 166 Å². The summed E-state index contributed by atoms with van der Waals surface area (Å²) in [4.78, 5) is 12.1. The molecule has 5 aromatic rings. The molecule has 1 amide bonds. The van der Waals surface area contributed by atoms with Gasteiger partial charge in [0.05, 0.1) is 16.1 Å². The number of fused-ring (bicyclic) bond motifs is 4. The molecule has 1 radical (unpaired) electrons. The topological polar surface area (TPSA) is 48.0 Å². The van der Waals surface area contributed by atoms with Crippen molar-refractivity contribution in [2.45, 2.75) is 6.54 Å². The third-order valence-electron chi connectivity index (χ3n) is 5.25. The van der Waals surface area contributed by atoms with Gasteiger partial charge in [-0.25, -0.2) is 0 Å². The lowest BCUT2D eigenvalue weighted by Gasteiger charge is -2.11. The molecule has 0 saturated heterocycles. The summed E-state index contributed by atoms with van der Waals surface area (Å²) in [5.74, 6) is -0.455. The van der Waals surface area contributed by atoms with E-state index in [1.54, 1.807) is 12.1 Å². The number of rotatable bonds is 3. The average molecular weight is 384 g/mol. The molecule has 0 fully saturated rings. The molecule has 1 heterocycles. The van der Waals surface area contributed by atoms with E-state index in [9.17, 15) is 4.79 Å². The number of hydrogen-bond donors (Lipinski definition) is 1. The van der Waals surface area contributed by atoms with Crippen LogP contribution in [0.2, 0.25) is 5.02 Å². The van der Waals surface area contributed by atoms with Gasteiger partial charge in [0.25, 0.3) is 0 Å². The molecule has 0 unspecified atom stereocenters. The summed E-state index contributed by atoms with van der Waals surface area (Å²) >= 11 is 6.59. The van der Waals surface area contributed by atoms with Gasteiger partial charge in [0, 0.05) is 22.9 Å². The molecule has 0 saturated carbocycles. The van der Waals surface area contributed by atoms with E-state index in [-0.39, 0.29) is 0 Å². The molecule has 0 bridgehead atoms. The summed E-state index contributed by atoms with van der Waals surface area (Å²) in [6.45, 7) is 0.626. The summed E-state index contributed by atoms with van der Waals surface area (Å²) in [6, 6.07) is 27.1. The van der Waals surface area contributed by atoms with E-state index in [4.69, 9.17) is 17.3 Å². The first-order valence-electron chi connectivity index (χ1n) is 9.02. The molecular formula is C24H16ClN2O. The third-order valence-corrected chi connectivity index (χ3v) is 5.55. The molecule has 1 aromatic heterocycles. The first-order chi connectivity index (χ1) is 13.6. The van der Waals surface area contributed by atoms with Crippen molar-refractivity contribution >= 4 is 50.1 Å². The van der Waals surface area contributed by atoms with Crippen LogP contribution >= 0.6 is 11.6 Å². The standard InChI is InChI=1S/C24H16ClN2O/c25-20-12-4-10-18-22-19(24(26)28)11-5-13-21(22)27(23(18)20)14-16-8-3-7-15-6-1-2-9-17(15)16/h1-9,11-13H,14H2,(H2,26,28). The predicted molar refractivity (Wildman–Crippen MR) is 115 cm³/mol. The number of amides is 1. The molecule has 2 N–H and O–H groups in total. The molecule has 4 aromatic carbocycles. The zero-order valence-corrected chi connectivity index (χ0v) is 15.7. The van der Waals surface area contributed by atoms with Gasteiger partial charge in [-0.1, -0.05) is 66.2 Å². The Kier molecular flexibility index (Phi) is 3.85. The van der Waals surface area contributed by atoms with Gasteiger partial charge in [-0.05, 0) is 40.6 Å². The van der Waals surface area contributed by atoms with Crippen LogP contribution in [0.5, 0.6) is 0 Å². The minimum absolute atomic E-state index is 0.455. The van der Waals surface area contributed by atoms with Crippen LogP contribution in [-0.2, 0) is 6.54 Å². The number of hydrogen-bond acceptors (Lipinski definition) is 1. The molecule has 3 nitrogen and oxygen atoms in total. The number of carbonyl (C=O) groups is 1. The fourth-order valence-electron chi connectivity index (χ4n) is 4.04. The molecule has 0 spiro atoms. The summed E-state index contributed by atoms with van der Waals surface area (Å²) in [5, 5.41) is 4.63. The van der Waals surface area contributed by atoms with Crippen molar-refractivity contribution in [1.82, 2.24) is 4.57 Å². The van der Waals surface area contributed by atoms with Crippen LogP contribution in [0.4, 0.5) is 0 Å². The SMILES string of the molecule is NC(=O)c1cccc2c1c1[c]ccc(Cl)c1n2Cc1cccc2ccccc12. The van der Waals surface area contributed by atoms with Gasteiger partial charge in [-0.15, -0.1) is 0 Å². The van der Waals surface area contributed by atoms with E-state index in [0.717, 1.165) is 21.8 Å². The molecule has 0 aliphatic heterocycles. The Balaban J connectivity index is 1.86. The van der Waals surface area contributed by atoms with Crippen molar-refractivity contribution in [3.05, 3.63) is 95.0 Å². The van der Waals surface area contributed by atoms with E-state index in [0.29, 0.717) is 17.1 Å². The van der Waals surface area contributed by atoms with Crippen LogP contribution < -0.4 is 5.73 Å². The van der Waals surface area contributed by atoms with E-state index in [1.807, 2.05) is 30.3 Å². The molecule has 0 atom stereocenters. The second-order valence-electron chi connectivity index (χ2n) is 6.84. The smallest absolute Gasteiger partial charge is 0.249 e. The first-order valence-corrected chi connectivity index (χ1v) is 9.40. The van der Waals surface area contributed by atoms with Crippen LogP contribution in [0, 0.1) is 6.07 Å². The van der Waals surface area contributed by atoms with Crippen LogP contribution in [0.15, 0.2) is 72.8 Å². The Bertz CT molecular complexity index is 1380. The lowest BCUT2D eigenvalue weighted by molar-refractivity contribution is 0.100. The van der Waals surface area contributed by atoms with Crippen molar-refractivity contribution < 1.29 is 4.79 Å². The molecular weight excluding hydrogens is 368 g/mol.